The second-order valence-corrected chi connectivity index (χ2v) is 10.5. The van der Waals surface area contributed by atoms with Gasteiger partial charge in [0, 0.05) is 41.8 Å². The molecule has 38 heavy (non-hydrogen) atoms. The van der Waals surface area contributed by atoms with Gasteiger partial charge in [-0.25, -0.2) is 13.9 Å². The number of pyridine rings is 3. The maximum absolute atomic E-state index is 14.1. The van der Waals surface area contributed by atoms with Crippen molar-refractivity contribution in [1.29, 1.82) is 0 Å². The Kier molecular flexibility index (Phi) is 5.73. The number of hydrogen-bond donors (Lipinski definition) is 2. The minimum absolute atomic E-state index is 0.166. The number of aryl methyl sites for hydroxylation is 1. The predicted octanol–water partition coefficient (Wildman–Crippen LogP) is 5.04. The van der Waals surface area contributed by atoms with Crippen LogP contribution in [0.3, 0.4) is 0 Å². The van der Waals surface area contributed by atoms with E-state index in [4.69, 9.17) is 10.7 Å². The number of nitrogens with two attached hydrogens (primary N) is 1. The number of rotatable bonds is 7. The molecule has 2 saturated carbocycles. The van der Waals surface area contributed by atoms with Gasteiger partial charge in [0.15, 0.2) is 11.5 Å². The van der Waals surface area contributed by atoms with Crippen molar-refractivity contribution in [3.8, 4) is 0 Å². The molecular weight excluding hydrogens is 479 g/mol. The van der Waals surface area contributed by atoms with Crippen molar-refractivity contribution in [3.63, 3.8) is 0 Å². The fourth-order valence-electron chi connectivity index (χ4n) is 5.59. The molecule has 0 radical (unpaired) electrons. The van der Waals surface area contributed by atoms with Crippen molar-refractivity contribution < 1.29 is 4.39 Å². The predicted molar refractivity (Wildman–Crippen MR) is 145 cm³/mol. The third-order valence-corrected chi connectivity index (χ3v) is 7.74. The molecule has 9 heteroatoms. The van der Waals surface area contributed by atoms with Gasteiger partial charge in [-0.15, -0.1) is 5.10 Å². The highest BCUT2D eigenvalue weighted by Crippen LogP contribution is 2.49. The molecule has 4 aromatic rings. The first kappa shape index (κ1) is 23.2. The van der Waals surface area contributed by atoms with Crippen LogP contribution >= 0.6 is 0 Å². The first-order valence-corrected chi connectivity index (χ1v) is 13.4. The van der Waals surface area contributed by atoms with Gasteiger partial charge in [-0.1, -0.05) is 6.08 Å². The van der Waals surface area contributed by atoms with Gasteiger partial charge in [0.05, 0.1) is 11.4 Å². The Morgan fingerprint density at radius 2 is 2.11 bits per heavy atom. The average molecular weight is 509 g/mol. The zero-order chi connectivity index (χ0) is 25.6. The second-order valence-electron chi connectivity index (χ2n) is 10.5. The Hall–Kier alpha value is -3.98. The molecule has 2 unspecified atom stereocenters. The first-order valence-electron chi connectivity index (χ1n) is 13.4. The molecule has 0 saturated heterocycles. The summed E-state index contributed by atoms with van der Waals surface area (Å²) in [5.74, 6) is 2.05. The zero-order valence-corrected chi connectivity index (χ0v) is 21.0. The zero-order valence-electron chi connectivity index (χ0n) is 21.0. The SMILES string of the molecule is NCCC1CC1C1=NC(c2ccnc(Nc3nc4c(F)cccn4n3)c2)=CCCc2cncc(C3CC3)c21. The molecular formula is C29H29FN8. The van der Waals surface area contributed by atoms with Crippen molar-refractivity contribution in [2.45, 2.75) is 44.4 Å². The van der Waals surface area contributed by atoms with E-state index in [0.717, 1.165) is 36.9 Å². The number of aliphatic imine (C=N–C) groups is 1. The number of hydrogen-bond acceptors (Lipinski definition) is 7. The molecule has 2 atom stereocenters. The summed E-state index contributed by atoms with van der Waals surface area (Å²) in [5, 5.41) is 7.45. The van der Waals surface area contributed by atoms with Crippen LogP contribution in [0.1, 0.15) is 60.3 Å². The number of fused-ring (bicyclic) bond motifs is 2. The Morgan fingerprint density at radius 3 is 2.95 bits per heavy atom. The Balaban J connectivity index is 1.25. The van der Waals surface area contributed by atoms with Crippen molar-refractivity contribution >= 4 is 28.8 Å². The van der Waals surface area contributed by atoms with E-state index < -0.39 is 5.82 Å². The lowest BCUT2D eigenvalue weighted by atomic mass is 9.90. The first-order chi connectivity index (χ1) is 18.7. The van der Waals surface area contributed by atoms with Gasteiger partial charge in [-0.2, -0.15) is 4.98 Å². The molecule has 3 aliphatic rings. The van der Waals surface area contributed by atoms with Crippen LogP contribution in [0.2, 0.25) is 0 Å². The van der Waals surface area contributed by atoms with Gasteiger partial charge in [-0.05, 0) is 92.3 Å². The molecule has 192 valence electrons. The smallest absolute Gasteiger partial charge is 0.248 e. The summed E-state index contributed by atoms with van der Waals surface area (Å²) < 4.78 is 15.5. The number of anilines is 2. The van der Waals surface area contributed by atoms with Crippen LogP contribution in [0.5, 0.6) is 0 Å². The Labute approximate surface area is 219 Å². The molecule has 2 fully saturated rings. The van der Waals surface area contributed by atoms with Crippen molar-refractivity contribution in [2.75, 3.05) is 11.9 Å². The van der Waals surface area contributed by atoms with Gasteiger partial charge in [-0.3, -0.25) is 9.98 Å². The number of nitrogens with zero attached hydrogens (tertiary/aromatic N) is 6. The van der Waals surface area contributed by atoms with Gasteiger partial charge in [0.2, 0.25) is 5.95 Å². The average Bonchev–Trinajstić information content (AvgIpc) is 3.84. The van der Waals surface area contributed by atoms with Crippen LogP contribution in [-0.4, -0.2) is 36.8 Å². The molecule has 5 heterocycles. The summed E-state index contributed by atoms with van der Waals surface area (Å²) in [6.07, 6.45) is 16.2. The third-order valence-electron chi connectivity index (χ3n) is 7.74. The van der Waals surface area contributed by atoms with E-state index >= 15 is 0 Å². The summed E-state index contributed by atoms with van der Waals surface area (Å²) in [4.78, 5) is 18.7. The minimum Gasteiger partial charge on any atom is -0.330 e. The maximum atomic E-state index is 14.1. The van der Waals surface area contributed by atoms with Gasteiger partial charge in [0.25, 0.3) is 0 Å². The van der Waals surface area contributed by atoms with Gasteiger partial charge < -0.3 is 11.1 Å². The van der Waals surface area contributed by atoms with Crippen molar-refractivity contribution in [1.82, 2.24) is 24.6 Å². The number of aromatic nitrogens is 5. The maximum Gasteiger partial charge on any atom is 0.248 e. The lowest BCUT2D eigenvalue weighted by Gasteiger charge is -2.20. The monoisotopic (exact) mass is 508 g/mol. The standard InChI is InChI=1S/C29H29FN8/c30-23-4-2-12-38-28(23)36-29(37-38)35-25-14-19(9-11-33-25)24-5-1-3-20-15-32-16-22(17-6-7-17)26(20)27(34-24)21-13-18(21)8-10-31/h2,4-5,9,11-12,14-18,21H,1,3,6-8,10,13,31H2,(H,33,35,37). The molecule has 7 rings (SSSR count). The number of allylic oxidation sites excluding steroid dienone is 1. The molecule has 0 spiro atoms. The van der Waals surface area contributed by atoms with Crippen LogP contribution in [-0.2, 0) is 6.42 Å². The molecule has 0 aromatic carbocycles. The highest BCUT2D eigenvalue weighted by atomic mass is 19.1. The quantitative estimate of drug-likeness (QED) is 0.362. The van der Waals surface area contributed by atoms with E-state index in [1.54, 1.807) is 18.5 Å². The highest BCUT2D eigenvalue weighted by Gasteiger charge is 2.43. The summed E-state index contributed by atoms with van der Waals surface area (Å²) in [5.41, 5.74) is 13.2. The summed E-state index contributed by atoms with van der Waals surface area (Å²) in [6, 6.07) is 6.90. The van der Waals surface area contributed by atoms with E-state index in [1.807, 2.05) is 18.3 Å². The van der Waals surface area contributed by atoms with Crippen molar-refractivity contribution in [2.24, 2.45) is 22.6 Å². The normalized spacial score (nSPS) is 20.8. The Morgan fingerprint density at radius 1 is 1.18 bits per heavy atom. The van der Waals surface area contributed by atoms with Gasteiger partial charge in [0.1, 0.15) is 5.82 Å². The minimum atomic E-state index is -0.426. The van der Waals surface area contributed by atoms with E-state index in [0.29, 0.717) is 30.1 Å². The van der Waals surface area contributed by atoms with Crippen LogP contribution < -0.4 is 11.1 Å². The fraction of sp³-hybridized carbons (Fsp3) is 0.345. The summed E-state index contributed by atoms with van der Waals surface area (Å²) >= 11 is 0. The van der Waals surface area contributed by atoms with Crippen molar-refractivity contribution in [3.05, 3.63) is 83.2 Å². The summed E-state index contributed by atoms with van der Waals surface area (Å²) in [7, 11) is 0. The lowest BCUT2D eigenvalue weighted by Crippen LogP contribution is -2.15. The molecule has 8 nitrogen and oxygen atoms in total. The third kappa shape index (κ3) is 4.36. The molecule has 3 N–H and O–H groups in total. The molecule has 4 aromatic heterocycles. The van der Waals surface area contributed by atoms with E-state index in [1.165, 1.54) is 45.8 Å². The second kappa shape index (κ2) is 9.40. The molecule has 1 aliphatic heterocycles. The Bertz CT molecular complexity index is 1580. The van der Waals surface area contributed by atoms with E-state index in [-0.39, 0.29) is 11.6 Å². The van der Waals surface area contributed by atoms with Crippen LogP contribution in [0.4, 0.5) is 16.2 Å². The van der Waals surface area contributed by atoms with E-state index in [2.05, 4.69) is 37.6 Å². The van der Waals surface area contributed by atoms with Crippen LogP contribution in [0.25, 0.3) is 11.3 Å². The number of nitrogens with one attached hydrogen (secondary N) is 1. The highest BCUT2D eigenvalue weighted by molar-refractivity contribution is 6.09. The lowest BCUT2D eigenvalue weighted by molar-refractivity contribution is 0.627. The van der Waals surface area contributed by atoms with Crippen LogP contribution in [0, 0.1) is 17.7 Å². The topological polar surface area (TPSA) is 106 Å². The fourth-order valence-corrected chi connectivity index (χ4v) is 5.59. The molecule has 0 amide bonds. The molecule has 2 aliphatic carbocycles. The molecule has 0 bridgehead atoms. The largest absolute Gasteiger partial charge is 0.330 e. The summed E-state index contributed by atoms with van der Waals surface area (Å²) in [6.45, 7) is 0.705. The van der Waals surface area contributed by atoms with Crippen LogP contribution in [0.15, 0.2) is 60.1 Å². The van der Waals surface area contributed by atoms with Gasteiger partial charge >= 0.3 is 0 Å². The number of halogens is 1. The van der Waals surface area contributed by atoms with E-state index in [9.17, 15) is 4.39 Å².